The standard InChI is InChI=1S/C20H24N2O2/c1-2-18(23)22-14-12-20(13-15-22,16-8-4-3-5-9-16)19(24)21-17-10-6-7-11-17/h2-9,17H,1,10-15H2,(H,21,24). The van der Waals surface area contributed by atoms with Gasteiger partial charge in [0.1, 0.15) is 0 Å². The minimum Gasteiger partial charge on any atom is -0.352 e. The van der Waals surface area contributed by atoms with Crippen LogP contribution in [0.25, 0.3) is 0 Å². The van der Waals surface area contributed by atoms with Crippen LogP contribution in [0.5, 0.6) is 0 Å². The molecule has 3 rings (SSSR count). The average molecular weight is 324 g/mol. The summed E-state index contributed by atoms with van der Waals surface area (Å²) in [5.41, 5.74) is 0.487. The van der Waals surface area contributed by atoms with Gasteiger partial charge in [-0.1, -0.05) is 49.1 Å². The van der Waals surface area contributed by atoms with Crippen molar-refractivity contribution in [1.29, 1.82) is 0 Å². The van der Waals surface area contributed by atoms with Crippen molar-refractivity contribution >= 4 is 11.8 Å². The van der Waals surface area contributed by atoms with E-state index in [1.165, 1.54) is 6.08 Å². The number of piperidine rings is 1. The summed E-state index contributed by atoms with van der Waals surface area (Å²) in [6.45, 7) is 4.72. The lowest BCUT2D eigenvalue weighted by Crippen LogP contribution is -2.54. The Morgan fingerprint density at radius 3 is 2.33 bits per heavy atom. The maximum absolute atomic E-state index is 13.2. The van der Waals surface area contributed by atoms with Gasteiger partial charge in [-0.15, -0.1) is 0 Å². The lowest BCUT2D eigenvalue weighted by Gasteiger charge is -2.41. The second-order valence-corrected chi connectivity index (χ2v) is 6.59. The van der Waals surface area contributed by atoms with Crippen LogP contribution in [0.15, 0.2) is 55.1 Å². The van der Waals surface area contributed by atoms with Crippen molar-refractivity contribution in [1.82, 2.24) is 10.2 Å². The molecule has 4 heteroatoms. The van der Waals surface area contributed by atoms with Crippen molar-refractivity contribution in [2.45, 2.75) is 37.1 Å². The van der Waals surface area contributed by atoms with Gasteiger partial charge >= 0.3 is 0 Å². The van der Waals surface area contributed by atoms with Gasteiger partial charge < -0.3 is 10.2 Å². The van der Waals surface area contributed by atoms with Gasteiger partial charge in [-0.05, 0) is 37.3 Å². The van der Waals surface area contributed by atoms with E-state index in [9.17, 15) is 9.59 Å². The van der Waals surface area contributed by atoms with E-state index in [1.54, 1.807) is 4.90 Å². The van der Waals surface area contributed by atoms with Gasteiger partial charge in [-0.25, -0.2) is 0 Å². The Hall–Kier alpha value is -2.36. The smallest absolute Gasteiger partial charge is 0.245 e. The highest BCUT2D eigenvalue weighted by Gasteiger charge is 2.43. The molecule has 4 nitrogen and oxygen atoms in total. The Morgan fingerprint density at radius 2 is 1.75 bits per heavy atom. The number of hydrogen-bond donors (Lipinski definition) is 1. The Kier molecular flexibility index (Phi) is 4.84. The number of carbonyl (C=O) groups excluding carboxylic acids is 2. The molecule has 1 N–H and O–H groups in total. The van der Waals surface area contributed by atoms with Crippen molar-refractivity contribution in [3.05, 3.63) is 60.7 Å². The average Bonchev–Trinajstić information content (AvgIpc) is 3.15. The minimum absolute atomic E-state index is 0.0583. The van der Waals surface area contributed by atoms with Crippen LogP contribution in [-0.2, 0) is 15.0 Å². The highest BCUT2D eigenvalue weighted by atomic mass is 16.2. The second-order valence-electron chi connectivity index (χ2n) is 6.59. The van der Waals surface area contributed by atoms with E-state index in [0.717, 1.165) is 18.4 Å². The Morgan fingerprint density at radius 1 is 1.12 bits per heavy atom. The monoisotopic (exact) mass is 324 g/mol. The van der Waals surface area contributed by atoms with Crippen LogP contribution in [0.2, 0.25) is 0 Å². The zero-order chi connectivity index (χ0) is 17.0. The van der Waals surface area contributed by atoms with Gasteiger partial charge in [-0.3, -0.25) is 9.59 Å². The number of rotatable bonds is 4. The molecule has 1 saturated heterocycles. The van der Waals surface area contributed by atoms with Crippen molar-refractivity contribution in [3.8, 4) is 0 Å². The van der Waals surface area contributed by atoms with E-state index in [0.29, 0.717) is 25.9 Å². The summed E-state index contributed by atoms with van der Waals surface area (Å²) in [5, 5.41) is 3.22. The molecule has 1 fully saturated rings. The number of nitrogens with zero attached hydrogens (tertiary/aromatic N) is 1. The number of nitrogens with one attached hydrogen (secondary N) is 1. The number of benzene rings is 1. The number of carbonyl (C=O) groups is 2. The number of hydrogen-bond acceptors (Lipinski definition) is 2. The first kappa shape index (κ1) is 16.5. The van der Waals surface area contributed by atoms with Gasteiger partial charge in [0.25, 0.3) is 0 Å². The summed E-state index contributed by atoms with van der Waals surface area (Å²) < 4.78 is 0. The molecular formula is C20H24N2O2. The van der Waals surface area contributed by atoms with Gasteiger partial charge in [0, 0.05) is 19.1 Å². The first-order chi connectivity index (χ1) is 11.7. The van der Waals surface area contributed by atoms with Crippen molar-refractivity contribution < 1.29 is 9.59 Å². The van der Waals surface area contributed by atoms with E-state index in [-0.39, 0.29) is 17.9 Å². The first-order valence-corrected chi connectivity index (χ1v) is 8.58. The number of amides is 2. The number of likely N-dealkylation sites (tertiary alicyclic amines) is 1. The van der Waals surface area contributed by atoms with Crippen LogP contribution < -0.4 is 5.32 Å². The van der Waals surface area contributed by atoms with Gasteiger partial charge in [-0.2, -0.15) is 0 Å². The molecule has 0 radical (unpaired) electrons. The summed E-state index contributed by atoms with van der Waals surface area (Å²) in [6.07, 6.45) is 8.66. The zero-order valence-corrected chi connectivity index (χ0v) is 13.9. The molecule has 0 saturated carbocycles. The third-order valence-corrected chi connectivity index (χ3v) is 5.21. The van der Waals surface area contributed by atoms with E-state index in [4.69, 9.17) is 0 Å². The largest absolute Gasteiger partial charge is 0.352 e. The second kappa shape index (κ2) is 7.04. The molecule has 1 aliphatic carbocycles. The molecule has 0 bridgehead atoms. The molecule has 2 aliphatic rings. The normalized spacial score (nSPS) is 19.9. The lowest BCUT2D eigenvalue weighted by atomic mass is 9.71. The van der Waals surface area contributed by atoms with Crippen molar-refractivity contribution in [2.75, 3.05) is 13.1 Å². The van der Waals surface area contributed by atoms with Crippen LogP contribution in [0.3, 0.4) is 0 Å². The van der Waals surface area contributed by atoms with Crippen LogP contribution in [0, 0.1) is 0 Å². The summed E-state index contributed by atoms with van der Waals surface area (Å²) in [4.78, 5) is 26.8. The minimum atomic E-state index is -0.554. The molecule has 1 aromatic rings. The first-order valence-electron chi connectivity index (χ1n) is 8.58. The predicted molar refractivity (Wildman–Crippen MR) is 94.4 cm³/mol. The molecule has 1 aromatic carbocycles. The van der Waals surface area contributed by atoms with E-state index in [2.05, 4.69) is 24.0 Å². The molecule has 2 amide bonds. The van der Waals surface area contributed by atoms with E-state index < -0.39 is 5.41 Å². The molecule has 24 heavy (non-hydrogen) atoms. The van der Waals surface area contributed by atoms with Crippen LogP contribution in [-0.4, -0.2) is 35.8 Å². The topological polar surface area (TPSA) is 49.4 Å². The summed E-state index contributed by atoms with van der Waals surface area (Å²) in [5.74, 6) is 0.0326. The van der Waals surface area contributed by atoms with Gasteiger partial charge in [0.05, 0.1) is 5.41 Å². The fourth-order valence-electron chi connectivity index (χ4n) is 3.70. The van der Waals surface area contributed by atoms with Crippen molar-refractivity contribution in [2.24, 2.45) is 0 Å². The van der Waals surface area contributed by atoms with Crippen LogP contribution in [0.4, 0.5) is 0 Å². The predicted octanol–water partition coefficient (Wildman–Crippen LogP) is 2.57. The SMILES string of the molecule is C=CC(=O)N1CCC(C(=O)NC2CC=CC2)(c2ccccc2)CC1. The molecule has 0 aromatic heterocycles. The van der Waals surface area contributed by atoms with E-state index >= 15 is 0 Å². The van der Waals surface area contributed by atoms with Crippen LogP contribution in [0.1, 0.15) is 31.2 Å². The molecule has 1 aliphatic heterocycles. The molecule has 0 unspecified atom stereocenters. The van der Waals surface area contributed by atoms with Crippen molar-refractivity contribution in [3.63, 3.8) is 0 Å². The maximum Gasteiger partial charge on any atom is 0.245 e. The van der Waals surface area contributed by atoms with Gasteiger partial charge in [0.2, 0.25) is 11.8 Å². The third-order valence-electron chi connectivity index (χ3n) is 5.21. The molecule has 1 heterocycles. The fraction of sp³-hybridized carbons (Fsp3) is 0.400. The quantitative estimate of drug-likeness (QED) is 0.683. The third kappa shape index (κ3) is 3.14. The lowest BCUT2D eigenvalue weighted by molar-refractivity contribution is -0.134. The summed E-state index contributed by atoms with van der Waals surface area (Å²) in [6, 6.07) is 10.2. The molecule has 0 atom stereocenters. The van der Waals surface area contributed by atoms with E-state index in [1.807, 2.05) is 30.3 Å². The highest BCUT2D eigenvalue weighted by molar-refractivity contribution is 5.90. The zero-order valence-electron chi connectivity index (χ0n) is 13.9. The Balaban J connectivity index is 1.81. The summed E-state index contributed by atoms with van der Waals surface area (Å²) >= 11 is 0. The molecule has 126 valence electrons. The highest BCUT2D eigenvalue weighted by Crippen LogP contribution is 2.36. The Bertz CT molecular complexity index is 635. The summed E-state index contributed by atoms with van der Waals surface area (Å²) in [7, 11) is 0. The van der Waals surface area contributed by atoms with Crippen LogP contribution >= 0.6 is 0 Å². The molecular weight excluding hydrogens is 300 g/mol. The van der Waals surface area contributed by atoms with Gasteiger partial charge in [0.15, 0.2) is 0 Å². The maximum atomic E-state index is 13.2. The fourth-order valence-corrected chi connectivity index (χ4v) is 3.70. The molecule has 0 spiro atoms. The Labute approximate surface area is 143 Å².